The Hall–Kier alpha value is -2.05. The first-order valence-electron chi connectivity index (χ1n) is 4.49. The van der Waals surface area contributed by atoms with Gasteiger partial charge in [0.1, 0.15) is 5.56 Å². The molecule has 0 atom stereocenters. The van der Waals surface area contributed by atoms with Gasteiger partial charge in [-0.05, 0) is 12.1 Å². The largest absolute Gasteiger partial charge is 0.420 e. The van der Waals surface area contributed by atoms with Crippen LogP contribution in [0, 0.1) is 5.82 Å². The smallest absolute Gasteiger partial charge is 0.399 e. The van der Waals surface area contributed by atoms with E-state index in [9.17, 15) is 22.4 Å². The summed E-state index contributed by atoms with van der Waals surface area (Å²) in [5, 5.41) is -0.427. The van der Waals surface area contributed by atoms with Crippen LogP contribution in [-0.2, 0) is 6.18 Å². The number of hydrogen-bond acceptors (Lipinski definition) is 2. The summed E-state index contributed by atoms with van der Waals surface area (Å²) in [6.07, 6.45) is -4.94. The van der Waals surface area contributed by atoms with Crippen LogP contribution in [-0.4, -0.2) is 4.98 Å². The maximum absolute atomic E-state index is 13.2. The lowest BCUT2D eigenvalue weighted by Crippen LogP contribution is -2.20. The van der Waals surface area contributed by atoms with Gasteiger partial charge in [0.2, 0.25) is 5.82 Å². The minimum absolute atomic E-state index is 0.149. The molecule has 0 fully saturated rings. The van der Waals surface area contributed by atoms with Gasteiger partial charge in [0, 0.05) is 11.1 Å². The molecule has 0 aliphatic carbocycles. The average molecular weight is 246 g/mol. The number of alkyl halides is 3. The molecule has 0 amide bonds. The van der Waals surface area contributed by atoms with E-state index in [4.69, 9.17) is 5.73 Å². The maximum atomic E-state index is 13.2. The van der Waals surface area contributed by atoms with Crippen molar-refractivity contribution in [2.45, 2.75) is 6.18 Å². The van der Waals surface area contributed by atoms with Crippen molar-refractivity contribution >= 4 is 16.6 Å². The number of benzene rings is 1. The fourth-order valence-corrected chi connectivity index (χ4v) is 1.57. The number of anilines is 1. The quantitative estimate of drug-likeness (QED) is 0.553. The van der Waals surface area contributed by atoms with Crippen molar-refractivity contribution in [3.63, 3.8) is 0 Å². The molecule has 0 spiro atoms. The van der Waals surface area contributed by atoms with E-state index in [1.807, 2.05) is 4.98 Å². The van der Waals surface area contributed by atoms with Crippen molar-refractivity contribution in [2.75, 3.05) is 5.73 Å². The van der Waals surface area contributed by atoms with Gasteiger partial charge < -0.3 is 10.7 Å². The molecule has 3 N–H and O–H groups in total. The molecular formula is C10H6F4N2O. The number of hydrogen-bond donors (Lipinski definition) is 2. The van der Waals surface area contributed by atoms with Gasteiger partial charge in [-0.2, -0.15) is 13.2 Å². The number of pyridine rings is 1. The van der Waals surface area contributed by atoms with E-state index in [-0.39, 0.29) is 11.2 Å². The van der Waals surface area contributed by atoms with Gasteiger partial charge in [0.25, 0.3) is 5.56 Å². The topological polar surface area (TPSA) is 58.9 Å². The van der Waals surface area contributed by atoms with Crippen LogP contribution in [0.15, 0.2) is 23.0 Å². The van der Waals surface area contributed by atoms with E-state index >= 15 is 0 Å². The summed E-state index contributed by atoms with van der Waals surface area (Å²) in [5.41, 5.74) is 2.40. The molecule has 1 heterocycles. The van der Waals surface area contributed by atoms with Crippen LogP contribution in [0.2, 0.25) is 0 Å². The minimum Gasteiger partial charge on any atom is -0.399 e. The van der Waals surface area contributed by atoms with Crippen molar-refractivity contribution in [1.29, 1.82) is 0 Å². The molecule has 0 saturated heterocycles. The number of aromatic nitrogens is 1. The molecule has 2 rings (SSSR count). The summed E-state index contributed by atoms with van der Waals surface area (Å²) in [4.78, 5) is 13.0. The number of nitrogens with two attached hydrogens (primary N) is 1. The third-order valence-corrected chi connectivity index (χ3v) is 2.26. The number of nitrogen functional groups attached to an aromatic ring is 1. The first-order valence-corrected chi connectivity index (χ1v) is 4.49. The lowest BCUT2D eigenvalue weighted by atomic mass is 10.1. The molecular weight excluding hydrogens is 240 g/mol. The van der Waals surface area contributed by atoms with Crippen LogP contribution in [0.5, 0.6) is 0 Å². The summed E-state index contributed by atoms with van der Waals surface area (Å²) < 4.78 is 51.1. The van der Waals surface area contributed by atoms with E-state index in [1.54, 1.807) is 0 Å². The normalized spacial score (nSPS) is 12.0. The second-order valence-electron chi connectivity index (χ2n) is 3.45. The van der Waals surface area contributed by atoms with Crippen LogP contribution >= 0.6 is 0 Å². The molecule has 0 unspecified atom stereocenters. The first-order chi connectivity index (χ1) is 7.80. The fraction of sp³-hybridized carbons (Fsp3) is 0.100. The highest BCUT2D eigenvalue weighted by molar-refractivity contribution is 5.85. The average Bonchev–Trinajstić information content (AvgIpc) is 2.18. The summed E-state index contributed by atoms with van der Waals surface area (Å²) >= 11 is 0. The van der Waals surface area contributed by atoms with Crippen molar-refractivity contribution in [3.8, 4) is 0 Å². The van der Waals surface area contributed by atoms with Crippen LogP contribution < -0.4 is 11.3 Å². The number of aromatic amines is 1. The molecule has 2 aromatic rings. The van der Waals surface area contributed by atoms with Gasteiger partial charge in [0.15, 0.2) is 0 Å². The highest BCUT2D eigenvalue weighted by atomic mass is 19.4. The Balaban J connectivity index is 2.98. The molecule has 0 bridgehead atoms. The van der Waals surface area contributed by atoms with Crippen LogP contribution in [0.3, 0.4) is 0 Å². The van der Waals surface area contributed by atoms with E-state index in [0.717, 1.165) is 12.1 Å². The predicted molar refractivity (Wildman–Crippen MR) is 53.9 cm³/mol. The van der Waals surface area contributed by atoms with E-state index in [2.05, 4.69) is 0 Å². The van der Waals surface area contributed by atoms with Gasteiger partial charge in [-0.1, -0.05) is 6.07 Å². The van der Waals surface area contributed by atoms with Crippen molar-refractivity contribution in [2.24, 2.45) is 0 Å². The number of halogens is 4. The Morgan fingerprint density at radius 3 is 2.47 bits per heavy atom. The van der Waals surface area contributed by atoms with Crippen molar-refractivity contribution in [3.05, 3.63) is 39.9 Å². The van der Waals surface area contributed by atoms with Gasteiger partial charge in [-0.25, -0.2) is 4.39 Å². The standard InChI is InChI=1S/C10H6F4N2O/c11-8-7(10(12,13)14)5-2-1-4(15)3-6(5)16-9(8)17/h1-3H,15H2,(H,16,17). The molecule has 7 heteroatoms. The van der Waals surface area contributed by atoms with Crippen LogP contribution in [0.1, 0.15) is 5.56 Å². The Bertz CT molecular complexity index is 645. The van der Waals surface area contributed by atoms with Crippen molar-refractivity contribution in [1.82, 2.24) is 4.98 Å². The summed E-state index contributed by atoms with van der Waals surface area (Å²) in [5.74, 6) is -1.84. The van der Waals surface area contributed by atoms with E-state index in [1.165, 1.54) is 6.07 Å². The highest BCUT2D eigenvalue weighted by Gasteiger charge is 2.37. The molecule has 0 radical (unpaired) electrons. The van der Waals surface area contributed by atoms with Gasteiger partial charge >= 0.3 is 6.18 Å². The second-order valence-corrected chi connectivity index (χ2v) is 3.45. The number of H-pyrrole nitrogens is 1. The summed E-state index contributed by atoms with van der Waals surface area (Å²) in [6.45, 7) is 0. The van der Waals surface area contributed by atoms with E-state index in [0.29, 0.717) is 0 Å². The molecule has 17 heavy (non-hydrogen) atoms. The number of fused-ring (bicyclic) bond motifs is 1. The highest BCUT2D eigenvalue weighted by Crippen LogP contribution is 2.35. The zero-order chi connectivity index (χ0) is 12.8. The molecule has 1 aromatic carbocycles. The number of nitrogens with one attached hydrogen (secondary N) is 1. The molecule has 1 aromatic heterocycles. The van der Waals surface area contributed by atoms with E-state index < -0.39 is 28.5 Å². The summed E-state index contributed by atoms with van der Waals surface area (Å²) in [6, 6.07) is 3.37. The minimum atomic E-state index is -4.94. The second kappa shape index (κ2) is 3.47. The Labute approximate surface area is 91.9 Å². The predicted octanol–water partition coefficient (Wildman–Crippen LogP) is 2.27. The molecule has 0 saturated carbocycles. The Morgan fingerprint density at radius 2 is 1.88 bits per heavy atom. The SMILES string of the molecule is Nc1ccc2c(C(F)(F)F)c(F)c(=O)[nH]c2c1. The maximum Gasteiger partial charge on any atom is 0.420 e. The lowest BCUT2D eigenvalue weighted by Gasteiger charge is -2.11. The molecule has 3 nitrogen and oxygen atoms in total. The fourth-order valence-electron chi connectivity index (χ4n) is 1.57. The molecule has 0 aliphatic rings. The van der Waals surface area contributed by atoms with Gasteiger partial charge in [0.05, 0.1) is 5.52 Å². The summed E-state index contributed by atoms with van der Waals surface area (Å²) in [7, 11) is 0. The molecule has 0 aliphatic heterocycles. The van der Waals surface area contributed by atoms with Crippen molar-refractivity contribution < 1.29 is 17.6 Å². The van der Waals surface area contributed by atoms with Gasteiger partial charge in [-0.3, -0.25) is 4.79 Å². The van der Waals surface area contributed by atoms with Gasteiger partial charge in [-0.15, -0.1) is 0 Å². The molecule has 90 valence electrons. The Morgan fingerprint density at radius 1 is 1.24 bits per heavy atom. The monoisotopic (exact) mass is 246 g/mol. The third kappa shape index (κ3) is 1.83. The van der Waals surface area contributed by atoms with Crippen LogP contribution in [0.25, 0.3) is 10.9 Å². The van der Waals surface area contributed by atoms with Crippen LogP contribution in [0.4, 0.5) is 23.2 Å². The first kappa shape index (κ1) is 11.4. The zero-order valence-electron chi connectivity index (χ0n) is 8.23. The Kier molecular flexibility index (Phi) is 2.34. The zero-order valence-corrected chi connectivity index (χ0v) is 8.23. The lowest BCUT2D eigenvalue weighted by molar-refractivity contribution is -0.138. The number of rotatable bonds is 0. The third-order valence-electron chi connectivity index (χ3n) is 2.26.